The lowest BCUT2D eigenvalue weighted by molar-refractivity contribution is -0.189. The lowest BCUT2D eigenvalue weighted by atomic mass is 9.95. The van der Waals surface area contributed by atoms with Crippen molar-refractivity contribution in [2.24, 2.45) is 0 Å². The minimum absolute atomic E-state index is 0.0311. The van der Waals surface area contributed by atoms with Crippen molar-refractivity contribution < 1.29 is 27.4 Å². The molecule has 0 amide bonds. The summed E-state index contributed by atoms with van der Waals surface area (Å²) in [5, 5.41) is 0. The van der Waals surface area contributed by atoms with E-state index in [9.17, 15) is 8.78 Å². The summed E-state index contributed by atoms with van der Waals surface area (Å²) in [6.45, 7) is 4.90. The smallest absolute Gasteiger partial charge is 0.201 e. The van der Waals surface area contributed by atoms with Gasteiger partial charge in [-0.25, -0.2) is 8.78 Å². The summed E-state index contributed by atoms with van der Waals surface area (Å²) in [6, 6.07) is 14.7. The quantitative estimate of drug-likeness (QED) is 0.309. The van der Waals surface area contributed by atoms with Crippen LogP contribution >= 0.6 is 0 Å². The van der Waals surface area contributed by atoms with E-state index in [4.69, 9.17) is 14.2 Å². The molecule has 1 saturated heterocycles. The molecule has 0 unspecified atom stereocenters. The fourth-order valence-electron chi connectivity index (χ4n) is 4.17. The fraction of sp³-hybridized carbons (Fsp3) is 0.310. The molecule has 6 heteroatoms. The Morgan fingerprint density at radius 1 is 0.886 bits per heavy atom. The molecule has 1 heterocycles. The van der Waals surface area contributed by atoms with E-state index in [1.165, 1.54) is 18.2 Å². The molecular formula is C29H29F3O3. The van der Waals surface area contributed by atoms with Crippen LogP contribution in [0.2, 0.25) is 0 Å². The Kier molecular flexibility index (Phi) is 8.26. The molecular weight excluding hydrogens is 453 g/mol. The van der Waals surface area contributed by atoms with E-state index in [2.05, 4.69) is 6.08 Å². The van der Waals surface area contributed by atoms with Gasteiger partial charge in [0.05, 0.1) is 19.8 Å². The van der Waals surface area contributed by atoms with Gasteiger partial charge in [-0.2, -0.15) is 4.39 Å². The number of benzene rings is 3. The van der Waals surface area contributed by atoms with Gasteiger partial charge in [0, 0.05) is 23.5 Å². The Hall–Kier alpha value is -3.09. The first-order valence-electron chi connectivity index (χ1n) is 11.9. The Morgan fingerprint density at radius 3 is 2.17 bits per heavy atom. The Balaban J connectivity index is 1.46. The molecule has 3 nitrogen and oxygen atoms in total. The predicted molar refractivity (Wildman–Crippen MR) is 131 cm³/mol. The van der Waals surface area contributed by atoms with Crippen molar-refractivity contribution in [3.8, 4) is 28.0 Å². The van der Waals surface area contributed by atoms with Gasteiger partial charge in [0.25, 0.3) is 0 Å². The van der Waals surface area contributed by atoms with Gasteiger partial charge < -0.3 is 14.2 Å². The van der Waals surface area contributed by atoms with Gasteiger partial charge in [-0.15, -0.1) is 0 Å². The average Bonchev–Trinajstić information content (AvgIpc) is 2.88. The normalized spacial score (nSPS) is 18.2. The fourth-order valence-corrected chi connectivity index (χ4v) is 4.17. The van der Waals surface area contributed by atoms with E-state index in [1.807, 2.05) is 19.1 Å². The average molecular weight is 483 g/mol. The first kappa shape index (κ1) is 25.0. The van der Waals surface area contributed by atoms with Gasteiger partial charge in [-0.05, 0) is 55.2 Å². The van der Waals surface area contributed by atoms with Crippen molar-refractivity contribution in [1.29, 1.82) is 0 Å². The third-order valence-electron chi connectivity index (χ3n) is 6.09. The van der Waals surface area contributed by atoms with Crippen LogP contribution in [0, 0.1) is 17.5 Å². The van der Waals surface area contributed by atoms with Crippen molar-refractivity contribution in [3.05, 3.63) is 89.8 Å². The number of halogens is 3. The molecule has 35 heavy (non-hydrogen) atoms. The highest BCUT2D eigenvalue weighted by molar-refractivity contribution is 5.71. The van der Waals surface area contributed by atoms with Crippen LogP contribution in [-0.2, 0) is 9.47 Å². The lowest BCUT2D eigenvalue weighted by Gasteiger charge is -2.29. The van der Waals surface area contributed by atoms with E-state index < -0.39 is 11.6 Å². The van der Waals surface area contributed by atoms with Gasteiger partial charge in [0.2, 0.25) is 5.82 Å². The van der Waals surface area contributed by atoms with Crippen molar-refractivity contribution in [3.63, 3.8) is 0 Å². The second-order valence-corrected chi connectivity index (χ2v) is 8.43. The van der Waals surface area contributed by atoms with Crippen LogP contribution in [0.5, 0.6) is 5.75 Å². The molecule has 0 spiro atoms. The first-order valence-corrected chi connectivity index (χ1v) is 11.9. The van der Waals surface area contributed by atoms with E-state index in [0.717, 1.165) is 18.4 Å². The minimum Gasteiger partial charge on any atom is -0.491 e. The largest absolute Gasteiger partial charge is 0.491 e. The Labute approximate surface area is 204 Å². The van der Waals surface area contributed by atoms with Crippen LogP contribution in [0.1, 0.15) is 38.2 Å². The minimum atomic E-state index is -1.02. The second kappa shape index (κ2) is 11.6. The number of hydrogen-bond acceptors (Lipinski definition) is 3. The van der Waals surface area contributed by atoms with E-state index in [1.54, 1.807) is 37.3 Å². The van der Waals surface area contributed by atoms with Crippen molar-refractivity contribution in [2.75, 3.05) is 19.8 Å². The molecule has 0 aliphatic carbocycles. The SMILES string of the molecule is C/C=C/CCC1OCC(c2ccc(-c3ccc(-c4ccc(OCC)c(F)c4F)cc3)c(F)c2)CO1. The van der Waals surface area contributed by atoms with Crippen LogP contribution in [0.15, 0.2) is 66.7 Å². The zero-order chi connectivity index (χ0) is 24.8. The Bertz CT molecular complexity index is 1170. The van der Waals surface area contributed by atoms with Gasteiger partial charge in [0.1, 0.15) is 5.82 Å². The molecule has 3 aromatic rings. The molecule has 0 saturated carbocycles. The first-order chi connectivity index (χ1) is 17.0. The molecule has 0 bridgehead atoms. The number of ether oxygens (including phenoxy) is 3. The molecule has 0 N–H and O–H groups in total. The Morgan fingerprint density at radius 2 is 1.54 bits per heavy atom. The molecule has 0 radical (unpaired) electrons. The molecule has 3 aromatic carbocycles. The lowest BCUT2D eigenvalue weighted by Crippen LogP contribution is -2.30. The highest BCUT2D eigenvalue weighted by Gasteiger charge is 2.24. The molecule has 184 valence electrons. The van der Waals surface area contributed by atoms with E-state index >= 15 is 4.39 Å². The zero-order valence-electron chi connectivity index (χ0n) is 19.9. The van der Waals surface area contributed by atoms with E-state index in [0.29, 0.717) is 29.9 Å². The summed E-state index contributed by atoms with van der Waals surface area (Å²) in [6.07, 6.45) is 5.55. The van der Waals surface area contributed by atoms with Gasteiger partial charge >= 0.3 is 0 Å². The molecule has 1 aliphatic heterocycles. The zero-order valence-corrected chi connectivity index (χ0v) is 19.9. The standard InChI is InChI=1S/C29H29F3O3/c1-3-5-6-7-27-34-17-22(18-35-27)21-12-13-23(25(30)16-21)19-8-10-20(11-9-19)24-14-15-26(33-4-2)29(32)28(24)31/h3,5,8-16,22,27H,4,6-7,17-18H2,1-2H3/b5-3+. The van der Waals surface area contributed by atoms with Gasteiger partial charge in [-0.3, -0.25) is 0 Å². The molecule has 1 fully saturated rings. The van der Waals surface area contributed by atoms with Crippen LogP contribution in [-0.4, -0.2) is 26.1 Å². The highest BCUT2D eigenvalue weighted by Crippen LogP contribution is 2.33. The van der Waals surface area contributed by atoms with Crippen molar-refractivity contribution in [1.82, 2.24) is 0 Å². The van der Waals surface area contributed by atoms with E-state index in [-0.39, 0.29) is 35.9 Å². The highest BCUT2D eigenvalue weighted by atomic mass is 19.2. The number of rotatable bonds is 8. The monoisotopic (exact) mass is 482 g/mol. The summed E-state index contributed by atoms with van der Waals surface area (Å²) < 4.78 is 60.5. The summed E-state index contributed by atoms with van der Waals surface area (Å²) in [4.78, 5) is 0. The van der Waals surface area contributed by atoms with Crippen LogP contribution in [0.3, 0.4) is 0 Å². The summed E-state index contributed by atoms with van der Waals surface area (Å²) in [7, 11) is 0. The summed E-state index contributed by atoms with van der Waals surface area (Å²) >= 11 is 0. The third kappa shape index (κ3) is 5.77. The summed E-state index contributed by atoms with van der Waals surface area (Å²) in [5.74, 6) is -2.50. The summed E-state index contributed by atoms with van der Waals surface area (Å²) in [5.41, 5.74) is 2.51. The third-order valence-corrected chi connectivity index (χ3v) is 6.09. The van der Waals surface area contributed by atoms with Gasteiger partial charge in [-0.1, -0.05) is 48.6 Å². The topological polar surface area (TPSA) is 27.7 Å². The van der Waals surface area contributed by atoms with Crippen LogP contribution in [0.25, 0.3) is 22.3 Å². The molecule has 0 atom stereocenters. The van der Waals surface area contributed by atoms with Crippen LogP contribution < -0.4 is 4.74 Å². The second-order valence-electron chi connectivity index (χ2n) is 8.43. The van der Waals surface area contributed by atoms with Crippen molar-refractivity contribution in [2.45, 2.75) is 38.9 Å². The maximum absolute atomic E-state index is 15.0. The number of hydrogen-bond donors (Lipinski definition) is 0. The number of allylic oxidation sites excluding steroid dienone is 2. The molecule has 4 rings (SSSR count). The molecule has 1 aliphatic rings. The van der Waals surface area contributed by atoms with Crippen LogP contribution in [0.4, 0.5) is 13.2 Å². The van der Waals surface area contributed by atoms with Gasteiger partial charge in [0.15, 0.2) is 17.9 Å². The maximum atomic E-state index is 15.0. The maximum Gasteiger partial charge on any atom is 0.201 e. The predicted octanol–water partition coefficient (Wildman–Crippen LogP) is 7.65. The van der Waals surface area contributed by atoms with Crippen molar-refractivity contribution >= 4 is 0 Å². The molecule has 0 aromatic heterocycles.